The minimum Gasteiger partial charge on any atom is -0.487 e. The number of ether oxygens (including phenoxy) is 1. The Morgan fingerprint density at radius 3 is 2.56 bits per heavy atom. The highest BCUT2D eigenvalue weighted by Crippen LogP contribution is 2.24. The van der Waals surface area contributed by atoms with E-state index in [9.17, 15) is 0 Å². The van der Waals surface area contributed by atoms with Crippen molar-refractivity contribution in [2.75, 3.05) is 5.73 Å². The molecule has 0 heterocycles. The summed E-state index contributed by atoms with van der Waals surface area (Å²) in [4.78, 5) is 0. The second kappa shape index (κ2) is 5.21. The maximum Gasteiger partial charge on any atom is 0.143 e. The smallest absolute Gasteiger partial charge is 0.143 e. The van der Waals surface area contributed by atoms with Crippen LogP contribution in [0.25, 0.3) is 0 Å². The molecule has 0 spiro atoms. The van der Waals surface area contributed by atoms with Gasteiger partial charge in [0.2, 0.25) is 0 Å². The summed E-state index contributed by atoms with van der Waals surface area (Å²) in [6.07, 6.45) is 0. The van der Waals surface area contributed by atoms with E-state index in [1.807, 2.05) is 48.5 Å². The van der Waals surface area contributed by atoms with Gasteiger partial charge < -0.3 is 10.5 Å². The van der Waals surface area contributed by atoms with E-state index in [1.54, 1.807) is 0 Å². The summed E-state index contributed by atoms with van der Waals surface area (Å²) in [5, 5.41) is 0. The predicted octanol–water partition coefficient (Wildman–Crippen LogP) is 3.45. The summed E-state index contributed by atoms with van der Waals surface area (Å²) in [5.74, 6) is 0.746. The fourth-order valence-electron chi connectivity index (χ4n) is 1.37. The Hall–Kier alpha value is -1.23. The maximum absolute atomic E-state index is 5.83. The lowest BCUT2D eigenvalue weighted by Crippen LogP contribution is -1.98. The zero-order chi connectivity index (χ0) is 11.4. The van der Waals surface area contributed by atoms with E-state index in [2.05, 4.69) is 22.6 Å². The Balaban J connectivity index is 2.08. The van der Waals surface area contributed by atoms with Gasteiger partial charge in [0.25, 0.3) is 0 Å². The van der Waals surface area contributed by atoms with Crippen LogP contribution in [0.4, 0.5) is 5.69 Å². The molecule has 0 bridgehead atoms. The molecular weight excluding hydrogens is 313 g/mol. The Bertz CT molecular complexity index is 471. The van der Waals surface area contributed by atoms with Crippen LogP contribution in [-0.4, -0.2) is 0 Å². The zero-order valence-electron chi connectivity index (χ0n) is 8.69. The van der Waals surface area contributed by atoms with Crippen molar-refractivity contribution in [3.05, 3.63) is 57.7 Å². The normalized spacial score (nSPS) is 10.1. The fraction of sp³-hybridized carbons (Fsp3) is 0.0769. The molecular formula is C13H12INO. The lowest BCUT2D eigenvalue weighted by Gasteiger charge is -2.09. The molecule has 0 aliphatic rings. The van der Waals surface area contributed by atoms with Crippen molar-refractivity contribution in [2.45, 2.75) is 6.61 Å². The number of benzene rings is 2. The second-order valence-corrected chi connectivity index (χ2v) is 4.70. The van der Waals surface area contributed by atoms with E-state index in [1.165, 1.54) is 0 Å². The largest absolute Gasteiger partial charge is 0.487 e. The van der Waals surface area contributed by atoms with Crippen LogP contribution >= 0.6 is 22.6 Å². The van der Waals surface area contributed by atoms with Crippen molar-refractivity contribution in [3.8, 4) is 5.75 Å². The van der Waals surface area contributed by atoms with Crippen molar-refractivity contribution < 1.29 is 4.74 Å². The third kappa shape index (κ3) is 2.88. The molecule has 2 N–H and O–H groups in total. The number of anilines is 1. The Morgan fingerprint density at radius 2 is 1.81 bits per heavy atom. The Labute approximate surface area is 109 Å². The summed E-state index contributed by atoms with van der Waals surface area (Å²) in [7, 11) is 0. The summed E-state index contributed by atoms with van der Waals surface area (Å²) in [5.41, 5.74) is 7.64. The molecule has 2 aromatic rings. The third-order valence-electron chi connectivity index (χ3n) is 2.21. The molecule has 16 heavy (non-hydrogen) atoms. The molecule has 2 nitrogen and oxygen atoms in total. The fourth-order valence-corrected chi connectivity index (χ4v) is 1.83. The number of hydrogen-bond acceptors (Lipinski definition) is 2. The highest BCUT2D eigenvalue weighted by Gasteiger charge is 2.01. The molecule has 0 atom stereocenters. The molecule has 0 saturated carbocycles. The van der Waals surface area contributed by atoms with Gasteiger partial charge in [0.1, 0.15) is 12.4 Å². The molecule has 2 aromatic carbocycles. The van der Waals surface area contributed by atoms with Crippen LogP contribution in [-0.2, 0) is 6.61 Å². The third-order valence-corrected chi connectivity index (χ3v) is 2.88. The monoisotopic (exact) mass is 325 g/mol. The first-order valence-electron chi connectivity index (χ1n) is 4.97. The first-order valence-corrected chi connectivity index (χ1v) is 6.05. The van der Waals surface area contributed by atoms with Gasteiger partial charge in [-0.1, -0.05) is 30.3 Å². The van der Waals surface area contributed by atoms with Crippen LogP contribution in [0.2, 0.25) is 0 Å². The molecule has 0 amide bonds. The van der Waals surface area contributed by atoms with E-state index in [-0.39, 0.29) is 0 Å². The molecule has 0 aliphatic carbocycles. The quantitative estimate of drug-likeness (QED) is 0.693. The van der Waals surface area contributed by atoms with E-state index >= 15 is 0 Å². The van der Waals surface area contributed by atoms with Crippen LogP contribution in [0.3, 0.4) is 0 Å². The lowest BCUT2D eigenvalue weighted by atomic mass is 10.2. The molecule has 0 saturated heterocycles. The molecule has 2 rings (SSSR count). The average Bonchev–Trinajstić information content (AvgIpc) is 2.32. The lowest BCUT2D eigenvalue weighted by molar-refractivity contribution is 0.308. The van der Waals surface area contributed by atoms with Crippen molar-refractivity contribution in [1.82, 2.24) is 0 Å². The zero-order valence-corrected chi connectivity index (χ0v) is 10.8. The van der Waals surface area contributed by atoms with Crippen molar-refractivity contribution >= 4 is 28.3 Å². The van der Waals surface area contributed by atoms with Crippen LogP contribution in [0, 0.1) is 3.57 Å². The van der Waals surface area contributed by atoms with Gasteiger partial charge in [-0.25, -0.2) is 0 Å². The van der Waals surface area contributed by atoms with Crippen LogP contribution in [0.15, 0.2) is 48.5 Å². The van der Waals surface area contributed by atoms with E-state index < -0.39 is 0 Å². The first kappa shape index (κ1) is 11.3. The van der Waals surface area contributed by atoms with Crippen LogP contribution in [0.5, 0.6) is 5.75 Å². The first-order chi connectivity index (χ1) is 7.75. The minimum absolute atomic E-state index is 0.547. The van der Waals surface area contributed by atoms with Crippen molar-refractivity contribution in [1.29, 1.82) is 0 Å². The predicted molar refractivity (Wildman–Crippen MR) is 74.3 cm³/mol. The highest BCUT2D eigenvalue weighted by molar-refractivity contribution is 14.1. The summed E-state index contributed by atoms with van der Waals surface area (Å²) in [6, 6.07) is 15.8. The van der Waals surface area contributed by atoms with E-state index in [0.717, 1.165) is 14.9 Å². The van der Waals surface area contributed by atoms with Gasteiger partial charge in [0.15, 0.2) is 0 Å². The Morgan fingerprint density at radius 1 is 1.06 bits per heavy atom. The number of halogens is 1. The average molecular weight is 325 g/mol. The summed E-state index contributed by atoms with van der Waals surface area (Å²) < 4.78 is 6.79. The molecule has 0 unspecified atom stereocenters. The summed E-state index contributed by atoms with van der Waals surface area (Å²) >= 11 is 2.24. The van der Waals surface area contributed by atoms with Crippen LogP contribution in [0.1, 0.15) is 5.56 Å². The number of nitrogens with two attached hydrogens (primary N) is 1. The van der Waals surface area contributed by atoms with Gasteiger partial charge in [-0.15, -0.1) is 0 Å². The van der Waals surface area contributed by atoms with E-state index in [4.69, 9.17) is 10.5 Å². The Kier molecular flexibility index (Phi) is 3.66. The van der Waals surface area contributed by atoms with E-state index in [0.29, 0.717) is 12.3 Å². The standard InChI is InChI=1S/C13H12INO/c14-11-6-7-12(15)13(8-11)16-9-10-4-2-1-3-5-10/h1-8H,9,15H2. The maximum atomic E-state index is 5.83. The van der Waals surface area contributed by atoms with Crippen molar-refractivity contribution in [3.63, 3.8) is 0 Å². The molecule has 0 aliphatic heterocycles. The molecule has 0 fully saturated rings. The number of rotatable bonds is 3. The molecule has 0 radical (unpaired) electrons. The number of nitrogen functional groups attached to an aromatic ring is 1. The van der Waals surface area contributed by atoms with Gasteiger partial charge in [-0.05, 0) is 46.4 Å². The second-order valence-electron chi connectivity index (χ2n) is 3.46. The minimum atomic E-state index is 0.547. The molecule has 3 heteroatoms. The highest BCUT2D eigenvalue weighted by atomic mass is 127. The van der Waals surface area contributed by atoms with Gasteiger partial charge >= 0.3 is 0 Å². The van der Waals surface area contributed by atoms with Crippen LogP contribution < -0.4 is 10.5 Å². The van der Waals surface area contributed by atoms with Gasteiger partial charge in [-0.2, -0.15) is 0 Å². The topological polar surface area (TPSA) is 35.2 Å². The van der Waals surface area contributed by atoms with Gasteiger partial charge in [-0.3, -0.25) is 0 Å². The molecule has 82 valence electrons. The molecule has 0 aromatic heterocycles. The number of hydrogen-bond donors (Lipinski definition) is 1. The SMILES string of the molecule is Nc1ccc(I)cc1OCc1ccccc1. The van der Waals surface area contributed by atoms with Gasteiger partial charge in [0.05, 0.1) is 5.69 Å². The van der Waals surface area contributed by atoms with Gasteiger partial charge in [0, 0.05) is 3.57 Å². The summed E-state index contributed by atoms with van der Waals surface area (Å²) in [6.45, 7) is 0.547. The van der Waals surface area contributed by atoms with Crippen molar-refractivity contribution in [2.24, 2.45) is 0 Å².